The first-order chi connectivity index (χ1) is 16.1. The highest BCUT2D eigenvalue weighted by Crippen LogP contribution is 2.38. The number of likely N-dealkylation sites (N-methyl/N-ethyl adjacent to an activating group) is 1. The number of ether oxygens (including phenoxy) is 2. The van der Waals surface area contributed by atoms with Crippen molar-refractivity contribution in [1.82, 2.24) is 0 Å². The zero-order chi connectivity index (χ0) is 25.7. The Balaban J connectivity index is 3.70. The summed E-state index contributed by atoms with van der Waals surface area (Å²) in [6.45, 7) is 2.71. The quantitative estimate of drug-likeness (QED) is 0.0983. The van der Waals surface area contributed by atoms with Crippen LogP contribution in [0.15, 0.2) is 0 Å². The molecule has 0 fully saturated rings. The molecule has 0 N–H and O–H groups in total. The fourth-order valence-corrected chi connectivity index (χ4v) is 4.09. The van der Waals surface area contributed by atoms with E-state index in [1.807, 2.05) is 21.1 Å². The highest BCUT2D eigenvalue weighted by Gasteiger charge is 2.17. The third kappa shape index (κ3) is 23.4. The molecule has 0 aromatic rings. The lowest BCUT2D eigenvalue weighted by molar-refractivity contribution is -0.870. The Hall–Kier alpha value is -0.340. The molecule has 0 aliphatic heterocycles. The number of rotatable bonds is 25. The van der Waals surface area contributed by atoms with Gasteiger partial charge in [-0.2, -0.15) is 0 Å². The van der Waals surface area contributed by atoms with Gasteiger partial charge in [-0.05, 0) is 6.42 Å². The molecule has 0 saturated carbocycles. The van der Waals surface area contributed by atoms with E-state index < -0.39 is 13.9 Å². The largest absolute Gasteiger partial charge is 0.756 e. The van der Waals surface area contributed by atoms with E-state index in [-0.39, 0.29) is 32.2 Å². The van der Waals surface area contributed by atoms with Gasteiger partial charge in [0.05, 0.1) is 34.4 Å². The minimum absolute atomic E-state index is 0.00687. The monoisotopic (exact) mass is 509 g/mol. The molecule has 34 heavy (non-hydrogen) atoms. The summed E-state index contributed by atoms with van der Waals surface area (Å²) in [5, 5.41) is 0. The topological polar surface area (TPSA) is 94.1 Å². The molecule has 0 aromatic carbocycles. The van der Waals surface area contributed by atoms with Crippen molar-refractivity contribution in [2.45, 2.75) is 96.5 Å². The van der Waals surface area contributed by atoms with E-state index in [1.165, 1.54) is 71.3 Å². The fraction of sp³-hybridized carbons (Fsp3) is 0.960. The summed E-state index contributed by atoms with van der Waals surface area (Å²) >= 11 is 0. The minimum atomic E-state index is -4.40. The first-order valence-corrected chi connectivity index (χ1v) is 14.6. The van der Waals surface area contributed by atoms with E-state index in [9.17, 15) is 14.3 Å². The summed E-state index contributed by atoms with van der Waals surface area (Å²) in [5.41, 5.74) is 0. The van der Waals surface area contributed by atoms with Crippen molar-refractivity contribution in [2.75, 3.05) is 61.2 Å². The molecule has 0 heterocycles. The molecular weight excluding hydrogens is 457 g/mol. The van der Waals surface area contributed by atoms with Gasteiger partial charge in [-0.15, -0.1) is 0 Å². The molecule has 204 valence electrons. The maximum Gasteiger partial charge on any atom is 0.268 e. The second-order valence-electron chi connectivity index (χ2n) is 10.1. The first kappa shape index (κ1) is 33.7. The van der Waals surface area contributed by atoms with Crippen LogP contribution in [0.4, 0.5) is 0 Å². The molecule has 0 aliphatic carbocycles. The van der Waals surface area contributed by atoms with Gasteiger partial charge in [0.25, 0.3) is 7.82 Å². The zero-order valence-corrected chi connectivity index (χ0v) is 23.5. The molecule has 0 amide bonds. The van der Waals surface area contributed by atoms with Crippen molar-refractivity contribution < 1.29 is 37.3 Å². The summed E-state index contributed by atoms with van der Waals surface area (Å²) in [6, 6.07) is 0. The third-order valence-corrected chi connectivity index (χ3v) is 6.60. The molecule has 2 unspecified atom stereocenters. The van der Waals surface area contributed by atoms with Crippen LogP contribution in [0.5, 0.6) is 0 Å². The second kappa shape index (κ2) is 20.8. The highest BCUT2D eigenvalue weighted by atomic mass is 31.2. The number of nitrogens with zero attached hydrogens (tertiary/aromatic N) is 1. The highest BCUT2D eigenvalue weighted by molar-refractivity contribution is 7.45. The SMILES string of the molecule is CCCCCCCCCCCCCCC(=O)COCC(COP(=O)([O-])OCC[N+](C)(C)C)OC. The van der Waals surface area contributed by atoms with Gasteiger partial charge in [0, 0.05) is 13.5 Å². The molecule has 8 nitrogen and oxygen atoms in total. The van der Waals surface area contributed by atoms with Gasteiger partial charge in [0.2, 0.25) is 0 Å². The molecule has 0 radical (unpaired) electrons. The number of phosphoric acid groups is 1. The average molecular weight is 510 g/mol. The van der Waals surface area contributed by atoms with E-state index >= 15 is 0 Å². The molecule has 0 bridgehead atoms. The molecule has 0 spiro atoms. The van der Waals surface area contributed by atoms with E-state index in [0.29, 0.717) is 17.4 Å². The van der Waals surface area contributed by atoms with Crippen molar-refractivity contribution in [3.63, 3.8) is 0 Å². The van der Waals surface area contributed by atoms with Crippen LogP contribution < -0.4 is 4.89 Å². The maximum atomic E-state index is 12.0. The first-order valence-electron chi connectivity index (χ1n) is 13.1. The minimum Gasteiger partial charge on any atom is -0.756 e. The number of hydrogen-bond acceptors (Lipinski definition) is 7. The van der Waals surface area contributed by atoms with Gasteiger partial charge in [0.1, 0.15) is 25.9 Å². The number of Topliss-reactive ketones (excluding diaryl/α,β-unsaturated/α-hetero) is 1. The van der Waals surface area contributed by atoms with Gasteiger partial charge in [0.15, 0.2) is 5.78 Å². The van der Waals surface area contributed by atoms with Gasteiger partial charge in [-0.3, -0.25) is 9.36 Å². The van der Waals surface area contributed by atoms with Crippen LogP contribution in [0, 0.1) is 0 Å². The molecule has 0 saturated heterocycles. The second-order valence-corrected chi connectivity index (χ2v) is 11.6. The number of methoxy groups -OCH3 is 1. The number of quaternary nitrogens is 1. The molecule has 2 atom stereocenters. The predicted molar refractivity (Wildman–Crippen MR) is 135 cm³/mol. The molecular formula is C25H52NO7P. The number of ketones is 1. The summed E-state index contributed by atoms with van der Waals surface area (Å²) in [4.78, 5) is 23.8. The summed E-state index contributed by atoms with van der Waals surface area (Å²) in [7, 11) is 2.87. The van der Waals surface area contributed by atoms with Crippen LogP contribution in [-0.2, 0) is 27.9 Å². The van der Waals surface area contributed by atoms with Crippen molar-refractivity contribution in [1.29, 1.82) is 0 Å². The number of carbonyl (C=O) groups is 1. The predicted octanol–water partition coefficient (Wildman–Crippen LogP) is 4.89. The molecule has 0 rings (SSSR count). The van der Waals surface area contributed by atoms with Crippen molar-refractivity contribution in [2.24, 2.45) is 0 Å². The number of hydrogen-bond donors (Lipinski definition) is 0. The van der Waals surface area contributed by atoms with Crippen LogP contribution in [0.3, 0.4) is 0 Å². The van der Waals surface area contributed by atoms with Crippen LogP contribution in [0.1, 0.15) is 90.4 Å². The normalized spacial score (nSPS) is 14.8. The van der Waals surface area contributed by atoms with Crippen LogP contribution >= 0.6 is 7.82 Å². The summed E-state index contributed by atoms with van der Waals surface area (Å²) in [5.74, 6) is 0.0565. The zero-order valence-electron chi connectivity index (χ0n) is 22.6. The van der Waals surface area contributed by atoms with E-state index in [2.05, 4.69) is 6.92 Å². The Morgan fingerprint density at radius 1 is 0.853 bits per heavy atom. The summed E-state index contributed by atoms with van der Waals surface area (Å²) < 4.78 is 32.8. The Labute approximate surface area is 208 Å². The van der Waals surface area contributed by atoms with Gasteiger partial charge >= 0.3 is 0 Å². The lowest BCUT2D eigenvalue weighted by Gasteiger charge is -2.28. The Morgan fingerprint density at radius 2 is 1.38 bits per heavy atom. The lowest BCUT2D eigenvalue weighted by atomic mass is 10.0. The molecule has 0 aliphatic rings. The van der Waals surface area contributed by atoms with Crippen molar-refractivity contribution >= 4 is 13.6 Å². The Kier molecular flexibility index (Phi) is 20.6. The van der Waals surface area contributed by atoms with Crippen LogP contribution in [0.25, 0.3) is 0 Å². The smallest absolute Gasteiger partial charge is 0.268 e. The Bertz CT molecular complexity index is 540. The lowest BCUT2D eigenvalue weighted by Crippen LogP contribution is -2.37. The van der Waals surface area contributed by atoms with E-state index in [1.54, 1.807) is 0 Å². The van der Waals surface area contributed by atoms with Crippen molar-refractivity contribution in [3.8, 4) is 0 Å². The number of carbonyl (C=O) groups excluding carboxylic acids is 1. The molecule has 9 heteroatoms. The standard InChI is InChI=1S/C25H52NO7P/c1-6-7-8-9-10-11-12-13-14-15-16-17-18-24(27)21-31-22-25(30-5)23-33-34(28,29)32-20-19-26(2,3)4/h25H,6-23H2,1-5H3. The van der Waals surface area contributed by atoms with Crippen LogP contribution in [-0.4, -0.2) is 77.6 Å². The van der Waals surface area contributed by atoms with E-state index in [0.717, 1.165) is 12.8 Å². The Morgan fingerprint density at radius 3 is 1.88 bits per heavy atom. The van der Waals surface area contributed by atoms with E-state index in [4.69, 9.17) is 18.5 Å². The average Bonchev–Trinajstić information content (AvgIpc) is 2.75. The van der Waals surface area contributed by atoms with Crippen molar-refractivity contribution in [3.05, 3.63) is 0 Å². The van der Waals surface area contributed by atoms with Gasteiger partial charge < -0.3 is 27.9 Å². The summed E-state index contributed by atoms with van der Waals surface area (Å²) in [6.07, 6.45) is 15.1. The third-order valence-electron chi connectivity index (χ3n) is 5.64. The number of phosphoric ester groups is 1. The van der Waals surface area contributed by atoms with Gasteiger partial charge in [-0.25, -0.2) is 0 Å². The number of unbranched alkanes of at least 4 members (excludes halogenated alkanes) is 11. The maximum absolute atomic E-state index is 12.0. The molecule has 0 aromatic heterocycles. The van der Waals surface area contributed by atoms with Crippen LogP contribution in [0.2, 0.25) is 0 Å². The fourth-order valence-electron chi connectivity index (χ4n) is 3.36. The van der Waals surface area contributed by atoms with Gasteiger partial charge in [-0.1, -0.05) is 77.6 Å².